The van der Waals surface area contributed by atoms with Gasteiger partial charge >= 0.3 is 6.03 Å². The smallest absolute Gasteiger partial charge is 0.317 e. The van der Waals surface area contributed by atoms with Crippen LogP contribution >= 0.6 is 0 Å². The number of rotatable bonds is 10. The third-order valence-electron chi connectivity index (χ3n) is 7.15. The number of H-pyrrole nitrogens is 1. The van der Waals surface area contributed by atoms with Gasteiger partial charge in [0.2, 0.25) is 17.8 Å². The van der Waals surface area contributed by atoms with Crippen molar-refractivity contribution in [3.8, 4) is 0 Å². The van der Waals surface area contributed by atoms with Gasteiger partial charge in [0.1, 0.15) is 0 Å². The molecule has 0 spiro atoms. The first-order chi connectivity index (χ1) is 20.7. The van der Waals surface area contributed by atoms with E-state index in [1.54, 1.807) is 41.4 Å². The van der Waals surface area contributed by atoms with Crippen LogP contribution in [0.5, 0.6) is 0 Å². The molecule has 2 amide bonds. The molecule has 6 rings (SSSR count). The molecule has 2 saturated heterocycles. The minimum Gasteiger partial charge on any atom is -0.352 e. The van der Waals surface area contributed by atoms with Crippen LogP contribution in [0.15, 0.2) is 53.6 Å². The molecule has 4 heterocycles. The van der Waals surface area contributed by atoms with Crippen molar-refractivity contribution in [2.24, 2.45) is 11.5 Å². The zero-order valence-corrected chi connectivity index (χ0v) is 24.0. The van der Waals surface area contributed by atoms with Crippen molar-refractivity contribution >= 4 is 56.2 Å². The number of nitrogens with one attached hydrogen (secondary N) is 5. The Balaban J connectivity index is 1.18. The summed E-state index contributed by atoms with van der Waals surface area (Å²) in [6.07, 6.45) is 2.37. The molecule has 0 saturated carbocycles. The number of piperidine rings is 1. The zero-order valence-electron chi connectivity index (χ0n) is 23.2. The third kappa shape index (κ3) is 6.68. The van der Waals surface area contributed by atoms with E-state index in [1.807, 2.05) is 4.90 Å². The maximum absolute atomic E-state index is 13.0. The first kappa shape index (κ1) is 28.4. The Morgan fingerprint density at radius 1 is 0.977 bits per heavy atom. The number of sulfonamides is 1. The highest BCUT2D eigenvalue weighted by Crippen LogP contribution is 2.24. The number of carbonyl (C=O) groups excluding carboxylic acids is 1. The van der Waals surface area contributed by atoms with E-state index in [-0.39, 0.29) is 29.0 Å². The molecule has 2 aromatic heterocycles. The summed E-state index contributed by atoms with van der Waals surface area (Å²) < 4.78 is 28.6. The molecule has 2 aliphatic heterocycles. The normalized spacial score (nSPS) is 19.0. The van der Waals surface area contributed by atoms with Crippen LogP contribution in [0.3, 0.4) is 0 Å². The predicted octanol–water partition coefficient (Wildman–Crippen LogP) is 0.594. The SMILES string of the molecule is N[C@@H]1C[C@H](N)CN(c2nc(NCCN3CCNC3=O)nc(Nc3ccc(S(=O)(=O)Nc4ccc5cn[nH]c5c4)cc3)n2)C1. The highest BCUT2D eigenvalue weighted by molar-refractivity contribution is 7.92. The Morgan fingerprint density at radius 2 is 1.72 bits per heavy atom. The molecule has 0 bridgehead atoms. The Morgan fingerprint density at radius 3 is 2.47 bits per heavy atom. The lowest BCUT2D eigenvalue weighted by Crippen LogP contribution is -2.52. The molecular weight excluding hydrogens is 574 g/mol. The number of benzene rings is 2. The molecule has 43 heavy (non-hydrogen) atoms. The Kier molecular flexibility index (Phi) is 7.83. The number of hydrogen-bond donors (Lipinski definition) is 7. The maximum Gasteiger partial charge on any atom is 0.317 e. The van der Waals surface area contributed by atoms with E-state index < -0.39 is 10.0 Å². The van der Waals surface area contributed by atoms with Crippen molar-refractivity contribution in [1.29, 1.82) is 0 Å². The van der Waals surface area contributed by atoms with Crippen LogP contribution in [0.4, 0.5) is 34.0 Å². The highest BCUT2D eigenvalue weighted by atomic mass is 32.2. The predicted molar refractivity (Wildman–Crippen MR) is 163 cm³/mol. The number of nitrogens with two attached hydrogens (primary N) is 2. The van der Waals surface area contributed by atoms with Crippen molar-refractivity contribution in [3.05, 3.63) is 48.7 Å². The number of anilines is 5. The van der Waals surface area contributed by atoms with Gasteiger partial charge in [0, 0.05) is 62.4 Å². The van der Waals surface area contributed by atoms with Crippen molar-refractivity contribution < 1.29 is 13.2 Å². The van der Waals surface area contributed by atoms with Gasteiger partial charge < -0.3 is 37.2 Å². The monoisotopic (exact) mass is 607 g/mol. The summed E-state index contributed by atoms with van der Waals surface area (Å²) in [6, 6.07) is 11.0. The standard InChI is InChI=1S/C26H33N13O3S/c27-17-11-18(28)15-39(14-17)25-34-23(29-7-9-38-10-8-30-26(38)40)33-24(35-25)32-19-3-5-21(6-4-19)43(41,42)37-20-2-1-16-13-31-36-22(16)12-20/h1-6,12-13,17-18,37H,7-11,14-15,27-28H2,(H,30,40)(H,31,36)(H2,29,32,33,34,35)/t17-,18+. The summed E-state index contributed by atoms with van der Waals surface area (Å²) >= 11 is 0. The number of fused-ring (bicyclic) bond motifs is 1. The number of urea groups is 1. The van der Waals surface area contributed by atoms with E-state index in [9.17, 15) is 13.2 Å². The fraction of sp³-hybridized carbons (Fsp3) is 0.346. The van der Waals surface area contributed by atoms with E-state index in [2.05, 4.69) is 45.8 Å². The number of aromatic nitrogens is 5. The first-order valence-corrected chi connectivity index (χ1v) is 15.3. The minimum atomic E-state index is -3.84. The highest BCUT2D eigenvalue weighted by Gasteiger charge is 2.26. The van der Waals surface area contributed by atoms with E-state index >= 15 is 0 Å². The summed E-state index contributed by atoms with van der Waals surface area (Å²) in [5, 5.41) is 16.8. The fourth-order valence-electron chi connectivity index (χ4n) is 5.07. The second-order valence-electron chi connectivity index (χ2n) is 10.5. The Labute approximate surface area is 247 Å². The van der Waals surface area contributed by atoms with Gasteiger partial charge in [-0.25, -0.2) is 13.2 Å². The van der Waals surface area contributed by atoms with Crippen molar-refractivity contribution in [2.75, 3.05) is 59.5 Å². The first-order valence-electron chi connectivity index (χ1n) is 13.8. The lowest BCUT2D eigenvalue weighted by Gasteiger charge is -2.34. The molecular formula is C26H33N13O3S. The second kappa shape index (κ2) is 11.9. The van der Waals surface area contributed by atoms with Gasteiger partial charge in [-0.1, -0.05) is 0 Å². The largest absolute Gasteiger partial charge is 0.352 e. The molecule has 0 aliphatic carbocycles. The molecule has 9 N–H and O–H groups in total. The fourth-order valence-corrected chi connectivity index (χ4v) is 6.12. The van der Waals surface area contributed by atoms with E-state index in [0.717, 1.165) is 10.9 Å². The number of carbonyl (C=O) groups is 1. The summed E-state index contributed by atoms with van der Waals surface area (Å²) in [6.45, 7) is 3.25. The van der Waals surface area contributed by atoms with Gasteiger partial charge in [-0.15, -0.1) is 0 Å². The summed E-state index contributed by atoms with van der Waals surface area (Å²) in [5.74, 6) is 0.973. The van der Waals surface area contributed by atoms with Crippen LogP contribution < -0.4 is 37.0 Å². The third-order valence-corrected chi connectivity index (χ3v) is 8.54. The van der Waals surface area contributed by atoms with Crippen LogP contribution in [0.25, 0.3) is 10.9 Å². The Bertz CT molecular complexity index is 1700. The molecule has 4 aromatic rings. The molecule has 2 fully saturated rings. The van der Waals surface area contributed by atoms with Gasteiger partial charge in [0.25, 0.3) is 10.0 Å². The Hall–Kier alpha value is -4.74. The van der Waals surface area contributed by atoms with E-state index in [1.165, 1.54) is 12.1 Å². The number of aromatic amines is 1. The molecule has 2 aliphatic rings. The van der Waals surface area contributed by atoms with Crippen molar-refractivity contribution in [1.82, 2.24) is 35.4 Å². The van der Waals surface area contributed by atoms with E-state index in [4.69, 9.17) is 11.5 Å². The van der Waals surface area contributed by atoms with Crippen LogP contribution in [0, 0.1) is 0 Å². The van der Waals surface area contributed by atoms with Crippen molar-refractivity contribution in [3.63, 3.8) is 0 Å². The molecule has 16 nitrogen and oxygen atoms in total. The lowest BCUT2D eigenvalue weighted by atomic mass is 10.0. The molecule has 17 heteroatoms. The number of amides is 2. The van der Waals surface area contributed by atoms with Crippen LogP contribution in [0.2, 0.25) is 0 Å². The average molecular weight is 608 g/mol. The van der Waals surface area contributed by atoms with Gasteiger partial charge in [-0.05, 0) is 48.9 Å². The van der Waals surface area contributed by atoms with Crippen molar-refractivity contribution in [2.45, 2.75) is 23.4 Å². The lowest BCUT2D eigenvalue weighted by molar-refractivity contribution is 0.219. The zero-order chi connectivity index (χ0) is 30.0. The molecule has 0 radical (unpaired) electrons. The number of nitrogens with zero attached hydrogens (tertiary/aromatic N) is 6. The van der Waals surface area contributed by atoms with Gasteiger partial charge in [-0.2, -0.15) is 20.1 Å². The van der Waals surface area contributed by atoms with Crippen LogP contribution in [-0.2, 0) is 10.0 Å². The quantitative estimate of drug-likeness (QED) is 0.132. The number of hydrogen-bond acceptors (Lipinski definition) is 12. The molecule has 226 valence electrons. The molecule has 2 atom stereocenters. The van der Waals surface area contributed by atoms with Gasteiger partial charge in [-0.3, -0.25) is 9.82 Å². The minimum absolute atomic E-state index is 0.0868. The van der Waals surface area contributed by atoms with Gasteiger partial charge in [0.15, 0.2) is 0 Å². The summed E-state index contributed by atoms with van der Waals surface area (Å²) in [7, 11) is -3.84. The second-order valence-corrected chi connectivity index (χ2v) is 12.2. The average Bonchev–Trinajstić information content (AvgIpc) is 3.61. The molecule has 2 aromatic carbocycles. The maximum atomic E-state index is 13.0. The molecule has 0 unspecified atom stereocenters. The van der Waals surface area contributed by atoms with E-state index in [0.29, 0.717) is 69.0 Å². The summed E-state index contributed by atoms with van der Waals surface area (Å²) in [4.78, 5) is 29.3. The van der Waals surface area contributed by atoms with Crippen LogP contribution in [-0.4, -0.2) is 95.9 Å². The van der Waals surface area contributed by atoms with Crippen LogP contribution in [0.1, 0.15) is 6.42 Å². The topological polar surface area (TPSA) is 225 Å². The van der Waals surface area contributed by atoms with Gasteiger partial charge in [0.05, 0.1) is 22.3 Å². The summed E-state index contributed by atoms with van der Waals surface area (Å²) in [5.41, 5.74) is 14.1.